The van der Waals surface area contributed by atoms with Gasteiger partial charge in [0.25, 0.3) is 11.8 Å². The van der Waals surface area contributed by atoms with Crippen LogP contribution in [0.4, 0.5) is 5.69 Å². The molecule has 148 valence electrons. The molecule has 1 atom stereocenters. The van der Waals surface area contributed by atoms with Crippen LogP contribution in [0.1, 0.15) is 38.3 Å². The second-order valence-electron chi connectivity index (χ2n) is 7.48. The molecule has 2 aromatic carbocycles. The average molecular weight is 391 g/mol. The normalized spacial score (nSPS) is 18.4. The first-order valence-electron chi connectivity index (χ1n) is 9.47. The first-order valence-corrected chi connectivity index (χ1v) is 9.47. The molecule has 7 nitrogen and oxygen atoms in total. The average Bonchev–Trinajstić information content (AvgIpc) is 3.17. The van der Waals surface area contributed by atoms with Gasteiger partial charge in [0.15, 0.2) is 0 Å². The largest absolute Gasteiger partial charge is 0.349 e. The fraction of sp³-hybridized carbons (Fsp3) is 0.273. The van der Waals surface area contributed by atoms with Crippen molar-refractivity contribution in [1.29, 1.82) is 0 Å². The zero-order chi connectivity index (χ0) is 20.7. The van der Waals surface area contributed by atoms with Crippen molar-refractivity contribution in [3.8, 4) is 0 Å². The Labute approximate surface area is 168 Å². The second kappa shape index (κ2) is 7.16. The van der Waals surface area contributed by atoms with Crippen molar-refractivity contribution in [3.05, 3.63) is 64.7 Å². The van der Waals surface area contributed by atoms with Crippen molar-refractivity contribution in [2.45, 2.75) is 26.3 Å². The summed E-state index contributed by atoms with van der Waals surface area (Å²) < 4.78 is 0. The SMILES string of the molecule is Cc1ccc(N2C[C@H](NC(=O)CN3C(=O)c4ccccc4C3=O)CC2=O)cc1C. The number of carbonyl (C=O) groups excluding carboxylic acids is 4. The topological polar surface area (TPSA) is 86.8 Å². The van der Waals surface area contributed by atoms with Crippen molar-refractivity contribution in [1.82, 2.24) is 10.2 Å². The van der Waals surface area contributed by atoms with Gasteiger partial charge in [-0.3, -0.25) is 24.1 Å². The number of nitrogens with zero attached hydrogens (tertiary/aromatic N) is 2. The van der Waals surface area contributed by atoms with E-state index < -0.39 is 17.7 Å². The Kier molecular flexibility index (Phi) is 4.66. The second-order valence-corrected chi connectivity index (χ2v) is 7.48. The first-order chi connectivity index (χ1) is 13.8. The number of hydrogen-bond donors (Lipinski definition) is 1. The summed E-state index contributed by atoms with van der Waals surface area (Å²) in [6.45, 7) is 3.99. The highest BCUT2D eigenvalue weighted by atomic mass is 16.2. The van der Waals surface area contributed by atoms with Crippen molar-refractivity contribution in [3.63, 3.8) is 0 Å². The van der Waals surface area contributed by atoms with Crippen molar-refractivity contribution in [2.24, 2.45) is 0 Å². The van der Waals surface area contributed by atoms with E-state index in [4.69, 9.17) is 0 Å². The summed E-state index contributed by atoms with van der Waals surface area (Å²) in [6, 6.07) is 11.9. The van der Waals surface area contributed by atoms with E-state index in [-0.39, 0.29) is 24.9 Å². The minimum absolute atomic E-state index is 0.0701. The van der Waals surface area contributed by atoms with Gasteiger partial charge in [-0.25, -0.2) is 0 Å². The molecule has 0 aromatic heterocycles. The molecule has 2 heterocycles. The van der Waals surface area contributed by atoms with E-state index in [9.17, 15) is 19.2 Å². The number of rotatable bonds is 4. The van der Waals surface area contributed by atoms with Gasteiger partial charge in [0.05, 0.1) is 17.2 Å². The molecule has 0 radical (unpaired) electrons. The van der Waals surface area contributed by atoms with Crippen LogP contribution in [0.2, 0.25) is 0 Å². The van der Waals surface area contributed by atoms with Gasteiger partial charge < -0.3 is 10.2 Å². The summed E-state index contributed by atoms with van der Waals surface area (Å²) in [6.07, 6.45) is 0.181. The molecule has 0 bridgehead atoms. The molecule has 1 fully saturated rings. The Morgan fingerprint density at radius 3 is 2.28 bits per heavy atom. The standard InChI is InChI=1S/C22H21N3O4/c1-13-7-8-16(9-14(13)2)24-11-15(10-20(24)27)23-19(26)12-25-21(28)17-5-3-4-6-18(17)22(25)29/h3-9,15H,10-12H2,1-2H3,(H,23,26)/t15-/m1/s1. The van der Waals surface area contributed by atoms with E-state index in [1.807, 2.05) is 32.0 Å². The van der Waals surface area contributed by atoms with Gasteiger partial charge in [-0.2, -0.15) is 0 Å². The monoisotopic (exact) mass is 391 g/mol. The lowest BCUT2D eigenvalue weighted by Gasteiger charge is -2.19. The number of anilines is 1. The highest BCUT2D eigenvalue weighted by molar-refractivity contribution is 6.22. The van der Waals surface area contributed by atoms with Gasteiger partial charge in [0.2, 0.25) is 11.8 Å². The third kappa shape index (κ3) is 3.40. The van der Waals surface area contributed by atoms with Crippen LogP contribution in [0.25, 0.3) is 0 Å². The number of fused-ring (bicyclic) bond motifs is 1. The Balaban J connectivity index is 1.40. The third-order valence-corrected chi connectivity index (χ3v) is 5.47. The first kappa shape index (κ1) is 18.9. The van der Waals surface area contributed by atoms with Crippen LogP contribution >= 0.6 is 0 Å². The molecule has 4 rings (SSSR count). The summed E-state index contributed by atoms with van der Waals surface area (Å²) in [5, 5.41) is 2.78. The Bertz CT molecular complexity index is 1010. The fourth-order valence-corrected chi connectivity index (χ4v) is 3.75. The molecule has 2 aliphatic rings. The van der Waals surface area contributed by atoms with Gasteiger partial charge in [0.1, 0.15) is 6.54 Å². The summed E-state index contributed by atoms with van der Waals surface area (Å²) in [7, 11) is 0. The molecule has 29 heavy (non-hydrogen) atoms. The van der Waals surface area contributed by atoms with Crippen LogP contribution in [0.15, 0.2) is 42.5 Å². The molecule has 1 N–H and O–H groups in total. The van der Waals surface area contributed by atoms with E-state index in [0.29, 0.717) is 17.7 Å². The third-order valence-electron chi connectivity index (χ3n) is 5.47. The summed E-state index contributed by atoms with van der Waals surface area (Å²) >= 11 is 0. The molecular weight excluding hydrogens is 370 g/mol. The highest BCUT2D eigenvalue weighted by Gasteiger charge is 2.37. The fourth-order valence-electron chi connectivity index (χ4n) is 3.75. The Morgan fingerprint density at radius 1 is 1.00 bits per heavy atom. The predicted octanol–water partition coefficient (Wildman–Crippen LogP) is 1.82. The molecular formula is C22H21N3O4. The van der Waals surface area contributed by atoms with Crippen LogP contribution in [-0.4, -0.2) is 47.7 Å². The van der Waals surface area contributed by atoms with E-state index >= 15 is 0 Å². The van der Waals surface area contributed by atoms with Crippen molar-refractivity contribution < 1.29 is 19.2 Å². The number of imide groups is 1. The minimum atomic E-state index is -0.472. The van der Waals surface area contributed by atoms with E-state index in [1.165, 1.54) is 0 Å². The van der Waals surface area contributed by atoms with Crippen LogP contribution in [0, 0.1) is 13.8 Å². The summed E-state index contributed by atoms with van der Waals surface area (Å²) in [5.41, 5.74) is 3.65. The van der Waals surface area contributed by atoms with Crippen LogP contribution in [0.5, 0.6) is 0 Å². The minimum Gasteiger partial charge on any atom is -0.349 e. The molecule has 1 saturated heterocycles. The van der Waals surface area contributed by atoms with E-state index in [1.54, 1.807) is 29.2 Å². The van der Waals surface area contributed by atoms with Gasteiger partial charge in [-0.15, -0.1) is 0 Å². The maximum absolute atomic E-state index is 12.5. The number of nitrogens with one attached hydrogen (secondary N) is 1. The smallest absolute Gasteiger partial charge is 0.262 e. The molecule has 0 unspecified atom stereocenters. The van der Waals surface area contributed by atoms with Crippen molar-refractivity contribution >= 4 is 29.3 Å². The molecule has 0 saturated carbocycles. The number of aryl methyl sites for hydroxylation is 2. The molecule has 2 aliphatic heterocycles. The number of amides is 4. The molecule has 4 amide bonds. The Hall–Kier alpha value is -3.48. The summed E-state index contributed by atoms with van der Waals surface area (Å²) in [4.78, 5) is 52.3. The zero-order valence-electron chi connectivity index (χ0n) is 16.3. The quantitative estimate of drug-likeness (QED) is 0.806. The highest BCUT2D eigenvalue weighted by Crippen LogP contribution is 2.25. The molecule has 7 heteroatoms. The Morgan fingerprint density at radius 2 is 1.66 bits per heavy atom. The van der Waals surface area contributed by atoms with E-state index in [2.05, 4.69) is 5.32 Å². The lowest BCUT2D eigenvalue weighted by Crippen LogP contribution is -2.44. The van der Waals surface area contributed by atoms with Crippen molar-refractivity contribution in [2.75, 3.05) is 18.0 Å². The van der Waals surface area contributed by atoms with E-state index in [0.717, 1.165) is 21.7 Å². The lowest BCUT2D eigenvalue weighted by atomic mass is 10.1. The molecule has 2 aromatic rings. The maximum atomic E-state index is 12.5. The van der Waals surface area contributed by atoms with Crippen LogP contribution < -0.4 is 10.2 Å². The zero-order valence-corrected chi connectivity index (χ0v) is 16.3. The number of hydrogen-bond acceptors (Lipinski definition) is 4. The van der Waals surface area contributed by atoms with Gasteiger partial charge in [0, 0.05) is 18.7 Å². The van der Waals surface area contributed by atoms with Gasteiger partial charge in [-0.1, -0.05) is 18.2 Å². The number of benzene rings is 2. The molecule has 0 aliphatic carbocycles. The van der Waals surface area contributed by atoms with Crippen LogP contribution in [-0.2, 0) is 9.59 Å². The van der Waals surface area contributed by atoms with Gasteiger partial charge >= 0.3 is 0 Å². The van der Waals surface area contributed by atoms with Gasteiger partial charge in [-0.05, 0) is 49.2 Å². The molecule has 0 spiro atoms. The predicted molar refractivity (Wildman–Crippen MR) is 107 cm³/mol. The summed E-state index contributed by atoms with van der Waals surface area (Å²) in [5.74, 6) is -1.47. The maximum Gasteiger partial charge on any atom is 0.262 e. The number of carbonyl (C=O) groups is 4. The van der Waals surface area contributed by atoms with Crippen LogP contribution in [0.3, 0.4) is 0 Å². The lowest BCUT2D eigenvalue weighted by molar-refractivity contribution is -0.122.